The Hall–Kier alpha value is -2.56. The van der Waals surface area contributed by atoms with E-state index in [4.69, 9.17) is 0 Å². The minimum Gasteiger partial charge on any atom is -0.378 e. The number of carbonyl (C=O) groups is 1. The van der Waals surface area contributed by atoms with Gasteiger partial charge in [0.1, 0.15) is 5.82 Å². The second kappa shape index (κ2) is 6.91. The van der Waals surface area contributed by atoms with Crippen molar-refractivity contribution < 1.29 is 9.18 Å². The van der Waals surface area contributed by atoms with Gasteiger partial charge in [0, 0.05) is 37.7 Å². The lowest BCUT2D eigenvalue weighted by molar-refractivity contribution is 0.257. The maximum atomic E-state index is 13.5. The Morgan fingerprint density at radius 3 is 2.58 bits per heavy atom. The molecule has 0 aromatic heterocycles. The van der Waals surface area contributed by atoms with Gasteiger partial charge in [-0.15, -0.1) is 0 Å². The molecule has 0 spiro atoms. The van der Waals surface area contributed by atoms with Crippen LogP contribution in [0.4, 0.5) is 26.2 Å². The number of urea groups is 1. The van der Waals surface area contributed by atoms with Crippen molar-refractivity contribution in [2.24, 2.45) is 0 Å². The van der Waals surface area contributed by atoms with Gasteiger partial charge in [0.15, 0.2) is 0 Å². The highest BCUT2D eigenvalue weighted by molar-refractivity contribution is 6.02. The van der Waals surface area contributed by atoms with Crippen molar-refractivity contribution in [2.45, 2.75) is 19.3 Å². The zero-order chi connectivity index (χ0) is 17.1. The number of anilines is 3. The van der Waals surface area contributed by atoms with Crippen LogP contribution in [-0.2, 0) is 6.42 Å². The quantitative estimate of drug-likeness (QED) is 0.894. The van der Waals surface area contributed by atoms with Crippen molar-refractivity contribution >= 4 is 23.1 Å². The Balaban J connectivity index is 1.79. The molecule has 1 aliphatic rings. The van der Waals surface area contributed by atoms with Gasteiger partial charge in [0.2, 0.25) is 0 Å². The van der Waals surface area contributed by atoms with Crippen molar-refractivity contribution in [3.63, 3.8) is 0 Å². The van der Waals surface area contributed by atoms with Crippen molar-refractivity contribution in [1.82, 2.24) is 0 Å². The summed E-state index contributed by atoms with van der Waals surface area (Å²) in [5, 5.41) is 2.94. The number of hydrogen-bond donors (Lipinski definition) is 1. The molecule has 1 N–H and O–H groups in total. The molecule has 0 radical (unpaired) electrons. The summed E-state index contributed by atoms with van der Waals surface area (Å²) in [6, 6.07) is 12.2. The predicted octanol–water partition coefficient (Wildman–Crippen LogP) is 4.27. The van der Waals surface area contributed by atoms with Gasteiger partial charge in [-0.1, -0.05) is 0 Å². The monoisotopic (exact) mass is 327 g/mol. The normalized spacial score (nSPS) is 13.9. The number of fused-ring (bicyclic) bond motifs is 1. The topological polar surface area (TPSA) is 35.6 Å². The fourth-order valence-electron chi connectivity index (χ4n) is 2.97. The minimum atomic E-state index is -0.254. The van der Waals surface area contributed by atoms with E-state index in [0.29, 0.717) is 6.54 Å². The maximum Gasteiger partial charge on any atom is 0.326 e. The highest BCUT2D eigenvalue weighted by atomic mass is 19.1. The highest BCUT2D eigenvalue weighted by Crippen LogP contribution is 2.28. The second-order valence-corrected chi connectivity index (χ2v) is 6.25. The Bertz CT molecular complexity index is 728. The van der Waals surface area contributed by atoms with Crippen LogP contribution in [0.2, 0.25) is 0 Å². The first-order chi connectivity index (χ1) is 11.5. The van der Waals surface area contributed by atoms with Crippen LogP contribution in [0.15, 0.2) is 42.5 Å². The first kappa shape index (κ1) is 16.3. The average molecular weight is 327 g/mol. The molecule has 0 fully saturated rings. The summed E-state index contributed by atoms with van der Waals surface area (Å²) in [5.74, 6) is -0.254. The van der Waals surface area contributed by atoms with Gasteiger partial charge < -0.3 is 10.2 Å². The van der Waals surface area contributed by atoms with Gasteiger partial charge in [-0.3, -0.25) is 4.90 Å². The molecule has 1 aliphatic heterocycles. The number of nitrogens with zero attached hydrogens (tertiary/aromatic N) is 2. The molecule has 2 aromatic rings. The summed E-state index contributed by atoms with van der Waals surface area (Å²) in [5.41, 5.74) is 3.52. The molecule has 24 heavy (non-hydrogen) atoms. The number of benzene rings is 2. The highest BCUT2D eigenvalue weighted by Gasteiger charge is 2.21. The molecule has 1 heterocycles. The summed E-state index contributed by atoms with van der Waals surface area (Å²) in [6.45, 7) is 0.639. The molecular formula is C19H22FN3O. The van der Waals surface area contributed by atoms with Crippen LogP contribution < -0.4 is 15.1 Å². The van der Waals surface area contributed by atoms with E-state index in [1.165, 1.54) is 12.1 Å². The second-order valence-electron chi connectivity index (χ2n) is 6.25. The predicted molar refractivity (Wildman–Crippen MR) is 96.5 cm³/mol. The summed E-state index contributed by atoms with van der Waals surface area (Å²) >= 11 is 0. The van der Waals surface area contributed by atoms with Gasteiger partial charge in [-0.25, -0.2) is 9.18 Å². The van der Waals surface area contributed by atoms with Crippen LogP contribution in [0.3, 0.4) is 0 Å². The Labute approximate surface area is 141 Å². The molecule has 5 heteroatoms. The van der Waals surface area contributed by atoms with E-state index in [0.717, 1.165) is 41.9 Å². The largest absolute Gasteiger partial charge is 0.378 e. The third-order valence-electron chi connectivity index (χ3n) is 4.29. The minimum absolute atomic E-state index is 0.178. The standard InChI is InChI=1S/C19H22FN3O/c1-22(2)17-9-7-16(8-10-17)21-19(24)23-12-4-3-5-14-13-15(20)6-11-18(14)23/h6-11,13H,3-5,12H2,1-2H3,(H,21,24). The van der Waals surface area contributed by atoms with Crippen molar-refractivity contribution in [1.29, 1.82) is 0 Å². The molecule has 0 saturated carbocycles. The molecule has 0 bridgehead atoms. The summed E-state index contributed by atoms with van der Waals surface area (Å²) < 4.78 is 13.5. The Kier molecular flexibility index (Phi) is 4.69. The molecule has 4 nitrogen and oxygen atoms in total. The van der Waals surface area contributed by atoms with Gasteiger partial charge in [0.05, 0.1) is 0 Å². The lowest BCUT2D eigenvalue weighted by Gasteiger charge is -2.23. The Morgan fingerprint density at radius 2 is 1.88 bits per heavy atom. The number of rotatable bonds is 2. The molecule has 0 unspecified atom stereocenters. The lowest BCUT2D eigenvalue weighted by atomic mass is 10.1. The van der Waals surface area contributed by atoms with Crippen LogP contribution in [0.5, 0.6) is 0 Å². The number of aryl methyl sites for hydroxylation is 1. The van der Waals surface area contributed by atoms with E-state index >= 15 is 0 Å². The van der Waals surface area contributed by atoms with E-state index in [1.807, 2.05) is 43.3 Å². The fourth-order valence-corrected chi connectivity index (χ4v) is 2.97. The van der Waals surface area contributed by atoms with E-state index < -0.39 is 0 Å². The first-order valence-electron chi connectivity index (χ1n) is 8.19. The first-order valence-corrected chi connectivity index (χ1v) is 8.19. The smallest absolute Gasteiger partial charge is 0.326 e. The van der Waals surface area contributed by atoms with Crippen LogP contribution in [0.1, 0.15) is 18.4 Å². The third-order valence-corrected chi connectivity index (χ3v) is 4.29. The van der Waals surface area contributed by atoms with Crippen LogP contribution in [-0.4, -0.2) is 26.7 Å². The molecule has 0 atom stereocenters. The van der Waals surface area contributed by atoms with Crippen molar-refractivity contribution in [3.05, 3.63) is 53.8 Å². The van der Waals surface area contributed by atoms with Gasteiger partial charge in [-0.05, 0) is 67.3 Å². The molecule has 3 rings (SSSR count). The zero-order valence-electron chi connectivity index (χ0n) is 14.1. The SMILES string of the molecule is CN(C)c1ccc(NC(=O)N2CCCCc3cc(F)ccc32)cc1. The number of carbonyl (C=O) groups excluding carboxylic acids is 1. The third kappa shape index (κ3) is 3.50. The summed E-state index contributed by atoms with van der Waals surface area (Å²) in [4.78, 5) is 16.4. The molecule has 2 aromatic carbocycles. The van der Waals surface area contributed by atoms with E-state index in [1.54, 1.807) is 11.0 Å². The van der Waals surface area contributed by atoms with Crippen LogP contribution in [0, 0.1) is 5.82 Å². The van der Waals surface area contributed by atoms with Crippen LogP contribution >= 0.6 is 0 Å². The molecule has 0 saturated heterocycles. The average Bonchev–Trinajstić information content (AvgIpc) is 2.77. The molecule has 126 valence electrons. The molecule has 2 amide bonds. The van der Waals surface area contributed by atoms with E-state index in [9.17, 15) is 9.18 Å². The van der Waals surface area contributed by atoms with Gasteiger partial charge >= 0.3 is 6.03 Å². The number of halogens is 1. The Morgan fingerprint density at radius 1 is 1.12 bits per heavy atom. The van der Waals surface area contributed by atoms with Gasteiger partial charge in [-0.2, -0.15) is 0 Å². The van der Waals surface area contributed by atoms with Crippen molar-refractivity contribution in [2.75, 3.05) is 35.8 Å². The number of amides is 2. The van der Waals surface area contributed by atoms with Gasteiger partial charge in [0.25, 0.3) is 0 Å². The number of hydrogen-bond acceptors (Lipinski definition) is 2. The maximum absolute atomic E-state index is 13.5. The fraction of sp³-hybridized carbons (Fsp3) is 0.316. The lowest BCUT2D eigenvalue weighted by Crippen LogP contribution is -2.35. The summed E-state index contributed by atoms with van der Waals surface area (Å²) in [6.07, 6.45) is 2.66. The van der Waals surface area contributed by atoms with Crippen molar-refractivity contribution in [3.8, 4) is 0 Å². The van der Waals surface area contributed by atoms with E-state index in [-0.39, 0.29) is 11.8 Å². The van der Waals surface area contributed by atoms with E-state index in [2.05, 4.69) is 5.32 Å². The zero-order valence-corrected chi connectivity index (χ0v) is 14.1. The summed E-state index contributed by atoms with van der Waals surface area (Å²) in [7, 11) is 3.95. The number of nitrogens with one attached hydrogen (secondary N) is 1. The molecule has 0 aliphatic carbocycles. The van der Waals surface area contributed by atoms with Crippen LogP contribution in [0.25, 0.3) is 0 Å². The molecular weight excluding hydrogens is 305 g/mol.